The molecule has 2 N–H and O–H groups in total. The first-order valence-electron chi connectivity index (χ1n) is 11.3. The number of carboxylic acids is 1. The van der Waals surface area contributed by atoms with Crippen LogP contribution in [0.25, 0.3) is 0 Å². The quantitative estimate of drug-likeness (QED) is 0.730. The van der Waals surface area contributed by atoms with Gasteiger partial charge in [-0.3, -0.25) is 4.79 Å². The summed E-state index contributed by atoms with van der Waals surface area (Å²) in [6.45, 7) is 4.87. The Morgan fingerprint density at radius 3 is 2.58 bits per heavy atom. The third kappa shape index (κ3) is 3.12. The second-order valence-corrected chi connectivity index (χ2v) is 10.5. The van der Waals surface area contributed by atoms with Gasteiger partial charge in [-0.25, -0.2) is 0 Å². The molecule has 3 heteroatoms. The lowest BCUT2D eigenvalue weighted by Gasteiger charge is -2.56. The third-order valence-corrected chi connectivity index (χ3v) is 9.50. The maximum Gasteiger partial charge on any atom is 0.303 e. The Kier molecular flexibility index (Phi) is 5.14. The molecule has 0 aromatic carbocycles. The van der Waals surface area contributed by atoms with Crippen LogP contribution in [0.5, 0.6) is 0 Å². The highest BCUT2D eigenvalue weighted by Crippen LogP contribution is 2.65. The summed E-state index contributed by atoms with van der Waals surface area (Å²) in [5.41, 5.74) is 0.445. The molecule has 9 atom stereocenters. The SMILES string of the molecule is C[C@H](CCC(=O)O)C1CC[C@H]2[C@@H]3CC[C@@H]4C[C@H](O)CC[C@@H]4[C@H]3CC[C@]12C. The van der Waals surface area contributed by atoms with Gasteiger partial charge in [-0.2, -0.15) is 0 Å². The third-order valence-electron chi connectivity index (χ3n) is 9.50. The van der Waals surface area contributed by atoms with Crippen LogP contribution >= 0.6 is 0 Å². The van der Waals surface area contributed by atoms with E-state index in [2.05, 4.69) is 13.8 Å². The normalized spacial score (nSPS) is 49.0. The van der Waals surface area contributed by atoms with E-state index in [0.29, 0.717) is 17.8 Å². The summed E-state index contributed by atoms with van der Waals surface area (Å²) in [5.74, 6) is 4.97. The van der Waals surface area contributed by atoms with Crippen LogP contribution < -0.4 is 0 Å². The zero-order chi connectivity index (χ0) is 18.5. The summed E-state index contributed by atoms with van der Waals surface area (Å²) in [6.07, 6.45) is 12.6. The molecule has 0 aromatic heterocycles. The van der Waals surface area contributed by atoms with Crippen molar-refractivity contribution < 1.29 is 15.0 Å². The van der Waals surface area contributed by atoms with E-state index in [1.54, 1.807) is 0 Å². The zero-order valence-electron chi connectivity index (χ0n) is 16.7. The molecule has 0 amide bonds. The van der Waals surface area contributed by atoms with Crippen molar-refractivity contribution in [2.45, 2.75) is 90.6 Å². The van der Waals surface area contributed by atoms with Crippen molar-refractivity contribution in [1.82, 2.24) is 0 Å². The predicted octanol–water partition coefficient (Wildman–Crippen LogP) is 5.12. The monoisotopic (exact) mass is 362 g/mol. The Bertz CT molecular complexity index is 532. The lowest BCUT2D eigenvalue weighted by molar-refractivity contribution is -0.137. The molecule has 0 bridgehead atoms. The van der Waals surface area contributed by atoms with Gasteiger partial charge >= 0.3 is 5.97 Å². The fourth-order valence-electron chi connectivity index (χ4n) is 8.36. The van der Waals surface area contributed by atoms with E-state index in [4.69, 9.17) is 5.11 Å². The van der Waals surface area contributed by atoms with Gasteiger partial charge in [0.25, 0.3) is 0 Å². The fourth-order valence-corrected chi connectivity index (χ4v) is 8.36. The molecule has 4 aliphatic carbocycles. The van der Waals surface area contributed by atoms with Crippen molar-refractivity contribution >= 4 is 5.97 Å². The predicted molar refractivity (Wildman–Crippen MR) is 103 cm³/mol. The van der Waals surface area contributed by atoms with Crippen LogP contribution in [0.3, 0.4) is 0 Å². The molecule has 0 aromatic rings. The Labute approximate surface area is 158 Å². The molecule has 0 saturated heterocycles. The van der Waals surface area contributed by atoms with Gasteiger partial charge in [-0.1, -0.05) is 13.8 Å². The second-order valence-electron chi connectivity index (χ2n) is 10.5. The van der Waals surface area contributed by atoms with Crippen molar-refractivity contribution in [3.63, 3.8) is 0 Å². The molecule has 0 aliphatic heterocycles. The van der Waals surface area contributed by atoms with Crippen LogP contribution in [-0.4, -0.2) is 22.3 Å². The topological polar surface area (TPSA) is 57.5 Å². The molecular formula is C23H38O3. The molecule has 4 saturated carbocycles. The lowest BCUT2D eigenvalue weighted by Crippen LogP contribution is -2.49. The molecular weight excluding hydrogens is 324 g/mol. The number of carbonyl (C=O) groups is 1. The highest BCUT2D eigenvalue weighted by molar-refractivity contribution is 5.66. The Hall–Kier alpha value is -0.570. The van der Waals surface area contributed by atoms with Gasteiger partial charge in [0.1, 0.15) is 0 Å². The van der Waals surface area contributed by atoms with Crippen LogP contribution in [0.1, 0.15) is 84.5 Å². The summed E-state index contributed by atoms with van der Waals surface area (Å²) in [6, 6.07) is 0. The van der Waals surface area contributed by atoms with Crippen molar-refractivity contribution in [1.29, 1.82) is 0 Å². The number of hydrogen-bond acceptors (Lipinski definition) is 2. The van der Waals surface area contributed by atoms with Gasteiger partial charge in [-0.05, 0) is 111 Å². The molecule has 3 nitrogen and oxygen atoms in total. The molecule has 4 rings (SSSR count). The summed E-state index contributed by atoms with van der Waals surface area (Å²) in [4.78, 5) is 11.0. The van der Waals surface area contributed by atoms with Gasteiger partial charge < -0.3 is 10.2 Å². The molecule has 26 heavy (non-hydrogen) atoms. The molecule has 4 fully saturated rings. The largest absolute Gasteiger partial charge is 0.481 e. The van der Waals surface area contributed by atoms with Crippen molar-refractivity contribution in [2.75, 3.05) is 0 Å². The average molecular weight is 363 g/mol. The minimum absolute atomic E-state index is 0.0346. The maximum atomic E-state index is 11.0. The van der Waals surface area contributed by atoms with E-state index in [1.165, 1.54) is 44.9 Å². The zero-order valence-corrected chi connectivity index (χ0v) is 16.7. The highest BCUT2D eigenvalue weighted by atomic mass is 16.4. The smallest absolute Gasteiger partial charge is 0.303 e. The Morgan fingerprint density at radius 2 is 1.81 bits per heavy atom. The van der Waals surface area contributed by atoms with E-state index >= 15 is 0 Å². The summed E-state index contributed by atoms with van der Waals surface area (Å²) < 4.78 is 0. The summed E-state index contributed by atoms with van der Waals surface area (Å²) in [5, 5.41) is 19.1. The van der Waals surface area contributed by atoms with Gasteiger partial charge in [0.15, 0.2) is 0 Å². The molecule has 0 spiro atoms. The van der Waals surface area contributed by atoms with Gasteiger partial charge in [-0.15, -0.1) is 0 Å². The van der Waals surface area contributed by atoms with Crippen LogP contribution in [0.4, 0.5) is 0 Å². The van der Waals surface area contributed by atoms with Crippen LogP contribution in [0.2, 0.25) is 0 Å². The van der Waals surface area contributed by atoms with Gasteiger partial charge in [0.05, 0.1) is 6.10 Å². The van der Waals surface area contributed by atoms with E-state index in [0.717, 1.165) is 54.8 Å². The van der Waals surface area contributed by atoms with Crippen molar-refractivity contribution in [3.8, 4) is 0 Å². The maximum absolute atomic E-state index is 11.0. The number of aliphatic hydroxyl groups excluding tert-OH is 1. The van der Waals surface area contributed by atoms with Gasteiger partial charge in [0, 0.05) is 6.42 Å². The standard InChI is InChI=1S/C23H38O3/c1-14(3-10-22(25)26)20-8-9-21-19-6-4-15-13-16(24)5-7-17(15)18(19)11-12-23(20,21)2/h14-21,24H,3-13H2,1-2H3,(H,25,26)/t14-,15-,16-,17+,18-,19-,20?,21+,23-/m1/s1. The first-order valence-corrected chi connectivity index (χ1v) is 11.3. The van der Waals surface area contributed by atoms with Gasteiger partial charge in [0.2, 0.25) is 0 Å². The number of fused-ring (bicyclic) bond motifs is 5. The van der Waals surface area contributed by atoms with E-state index in [-0.39, 0.29) is 6.10 Å². The average Bonchev–Trinajstić information content (AvgIpc) is 2.96. The first-order chi connectivity index (χ1) is 12.4. The van der Waals surface area contributed by atoms with E-state index in [9.17, 15) is 9.90 Å². The Morgan fingerprint density at radius 1 is 1.04 bits per heavy atom. The van der Waals surface area contributed by atoms with E-state index in [1.807, 2.05) is 0 Å². The van der Waals surface area contributed by atoms with Crippen LogP contribution in [0, 0.1) is 46.8 Å². The highest BCUT2D eigenvalue weighted by Gasteiger charge is 2.57. The number of rotatable bonds is 4. The van der Waals surface area contributed by atoms with E-state index < -0.39 is 5.97 Å². The molecule has 4 aliphatic rings. The minimum atomic E-state index is -0.641. The summed E-state index contributed by atoms with van der Waals surface area (Å²) in [7, 11) is 0. The number of aliphatic carboxylic acids is 1. The minimum Gasteiger partial charge on any atom is -0.481 e. The number of hydrogen-bond donors (Lipinski definition) is 2. The second kappa shape index (κ2) is 7.11. The number of carboxylic acid groups (broad SMARTS) is 1. The Balaban J connectivity index is 1.47. The molecule has 148 valence electrons. The van der Waals surface area contributed by atoms with Crippen LogP contribution in [0.15, 0.2) is 0 Å². The fraction of sp³-hybridized carbons (Fsp3) is 0.957. The molecule has 1 unspecified atom stereocenters. The first kappa shape index (κ1) is 18.8. The van der Waals surface area contributed by atoms with Crippen molar-refractivity contribution in [3.05, 3.63) is 0 Å². The van der Waals surface area contributed by atoms with Crippen molar-refractivity contribution in [2.24, 2.45) is 46.8 Å². The molecule has 0 heterocycles. The molecule has 0 radical (unpaired) electrons. The lowest BCUT2D eigenvalue weighted by atomic mass is 9.49. The van der Waals surface area contributed by atoms with Crippen LogP contribution in [-0.2, 0) is 4.79 Å². The summed E-state index contributed by atoms with van der Waals surface area (Å²) >= 11 is 0. The number of aliphatic hydroxyl groups is 1.